The average molecular weight is 671 g/mol. The number of hydrogen-bond acceptors (Lipinski definition) is 6. The molecule has 1 atom stereocenters. The van der Waals surface area contributed by atoms with Gasteiger partial charge in [0.2, 0.25) is 0 Å². The summed E-state index contributed by atoms with van der Waals surface area (Å²) in [5, 5.41) is 12.3. The number of rotatable bonds is 13. The quantitative estimate of drug-likeness (QED) is 0.0484. The molecule has 0 aromatic heterocycles. The number of piperidine rings is 1. The first-order valence-electron chi connectivity index (χ1n) is 17.2. The van der Waals surface area contributed by atoms with Gasteiger partial charge in [0.15, 0.2) is 0 Å². The Morgan fingerprint density at radius 2 is 1.67 bits per heavy atom. The van der Waals surface area contributed by atoms with Crippen molar-refractivity contribution in [3.8, 4) is 5.75 Å². The highest BCUT2D eigenvalue weighted by Crippen LogP contribution is 2.41. The lowest BCUT2D eigenvalue weighted by Crippen LogP contribution is -2.40. The summed E-state index contributed by atoms with van der Waals surface area (Å²) in [4.78, 5) is 14.8. The number of anilines is 1. The number of nitrogens with zero attached hydrogens (tertiary/aromatic N) is 2. The molecule has 9 heteroatoms. The largest absolute Gasteiger partial charge is 0.506 e. The molecular formula is C37H69F2N4O2P. The molecule has 0 amide bonds. The summed E-state index contributed by atoms with van der Waals surface area (Å²) in [7, 11) is 1.38. The SMILES string of the molecule is CC.CC1CCN(CNCC=O)CC1.CCC.C\C=C/C(=C\C=C\CC)N(CCC)CCC.Cc1cc(O)c(N)c(C(F)(F)P)c1. The number of nitrogens with two attached hydrogens (primary N) is 1. The third-order valence-corrected chi connectivity index (χ3v) is 6.74. The van der Waals surface area contributed by atoms with Crippen LogP contribution in [-0.4, -0.2) is 60.6 Å². The summed E-state index contributed by atoms with van der Waals surface area (Å²) in [5.41, 5.74) is 3.43. The van der Waals surface area contributed by atoms with Crippen LogP contribution in [-0.2, 0) is 10.5 Å². The average Bonchev–Trinajstić information content (AvgIpc) is 3.01. The van der Waals surface area contributed by atoms with Crippen LogP contribution in [0.15, 0.2) is 48.2 Å². The van der Waals surface area contributed by atoms with Gasteiger partial charge in [-0.2, -0.15) is 8.78 Å². The number of phenolic OH excluding ortho intramolecular Hbond substituents is 1. The number of aromatic hydroxyl groups is 1. The summed E-state index contributed by atoms with van der Waals surface area (Å²) < 4.78 is 25.7. The van der Waals surface area contributed by atoms with E-state index < -0.39 is 5.66 Å². The van der Waals surface area contributed by atoms with Crippen molar-refractivity contribution in [2.75, 3.05) is 45.1 Å². The molecule has 2 rings (SSSR count). The molecule has 0 radical (unpaired) electrons. The van der Waals surface area contributed by atoms with E-state index in [0.29, 0.717) is 12.1 Å². The first kappa shape index (κ1) is 48.1. The number of likely N-dealkylation sites (tertiary alicyclic amines) is 1. The first-order chi connectivity index (χ1) is 21.9. The highest BCUT2D eigenvalue weighted by molar-refractivity contribution is 7.17. The number of alkyl halides is 2. The molecule has 1 unspecified atom stereocenters. The Bertz CT molecular complexity index is 951. The molecule has 268 valence electrons. The van der Waals surface area contributed by atoms with Crippen LogP contribution in [0.25, 0.3) is 0 Å². The maximum Gasteiger partial charge on any atom is 0.285 e. The number of hydrogen-bond donors (Lipinski definition) is 3. The normalized spacial score (nSPS) is 13.8. The van der Waals surface area contributed by atoms with E-state index in [0.717, 1.165) is 38.4 Å². The van der Waals surface area contributed by atoms with Gasteiger partial charge in [0.1, 0.15) is 12.0 Å². The van der Waals surface area contributed by atoms with Crippen molar-refractivity contribution in [1.82, 2.24) is 15.1 Å². The summed E-state index contributed by atoms with van der Waals surface area (Å²) >= 11 is 0. The highest BCUT2D eigenvalue weighted by Gasteiger charge is 2.28. The maximum absolute atomic E-state index is 12.8. The van der Waals surface area contributed by atoms with Crippen LogP contribution in [0.4, 0.5) is 14.5 Å². The standard InChI is InChI=1S/C15H27N.C9H18N2O.C8H10F2NOP.C3H8.C2H6/c1-5-9-10-12-15(11-6-2)16(13-7-3)14-8-4;1-9-2-5-11(6-3-9)8-10-4-7-12;1-4-2-5(8(9,10)13)7(11)6(12)3-4;1-3-2;1-2/h6,9-12H,5,7-8,13-14H2,1-4H3;7,9-10H,2-6,8H2,1H3;2-3,12H,11,13H2,1H3;3H2,1-2H3;1-2H3/b10-9+,11-6-,15-12+;;;;. The number of allylic oxidation sites excluding steroid dienone is 5. The predicted octanol–water partition coefficient (Wildman–Crippen LogP) is 9.65. The van der Waals surface area contributed by atoms with Gasteiger partial charge in [-0.05, 0) is 94.8 Å². The molecule has 1 saturated heterocycles. The Kier molecular flexibility index (Phi) is 32.8. The maximum atomic E-state index is 12.8. The second-order valence-corrected chi connectivity index (χ2v) is 11.8. The van der Waals surface area contributed by atoms with Crippen molar-refractivity contribution in [2.45, 2.75) is 113 Å². The van der Waals surface area contributed by atoms with Crippen LogP contribution < -0.4 is 11.1 Å². The van der Waals surface area contributed by atoms with Crippen molar-refractivity contribution in [3.63, 3.8) is 0 Å². The molecule has 1 aromatic carbocycles. The molecule has 0 spiro atoms. The fourth-order valence-electron chi connectivity index (χ4n) is 4.21. The zero-order valence-corrected chi connectivity index (χ0v) is 32.0. The van der Waals surface area contributed by atoms with Gasteiger partial charge in [0.25, 0.3) is 5.66 Å². The number of aryl methyl sites for hydroxylation is 1. The van der Waals surface area contributed by atoms with Gasteiger partial charge in [-0.1, -0.05) is 89.3 Å². The molecule has 1 aliphatic heterocycles. The summed E-state index contributed by atoms with van der Waals surface area (Å²) in [5.74, 6) is 0.574. The third kappa shape index (κ3) is 24.9. The van der Waals surface area contributed by atoms with Crippen LogP contribution in [0.3, 0.4) is 0 Å². The van der Waals surface area contributed by atoms with E-state index in [2.05, 4.69) is 94.0 Å². The van der Waals surface area contributed by atoms with Gasteiger partial charge in [-0.15, -0.1) is 0 Å². The number of phenols is 1. The molecule has 1 heterocycles. The molecule has 0 bridgehead atoms. The molecule has 1 aromatic rings. The van der Waals surface area contributed by atoms with Crippen molar-refractivity contribution < 1.29 is 18.7 Å². The lowest BCUT2D eigenvalue weighted by molar-refractivity contribution is -0.107. The lowest BCUT2D eigenvalue weighted by Gasteiger charge is -2.29. The molecule has 1 aliphatic rings. The monoisotopic (exact) mass is 671 g/mol. The second-order valence-electron chi connectivity index (χ2n) is 11.1. The smallest absolute Gasteiger partial charge is 0.285 e. The molecule has 4 N–H and O–H groups in total. The van der Waals surface area contributed by atoms with Crippen LogP contribution >= 0.6 is 9.24 Å². The number of nitrogen functional groups attached to an aromatic ring is 1. The van der Waals surface area contributed by atoms with Gasteiger partial charge < -0.3 is 20.5 Å². The Hall–Kier alpha value is -2.28. The molecular weight excluding hydrogens is 601 g/mol. The van der Waals surface area contributed by atoms with E-state index in [1.165, 1.54) is 72.3 Å². The molecule has 1 fully saturated rings. The Balaban J connectivity index is -0.000000566. The van der Waals surface area contributed by atoms with Crippen LogP contribution in [0.5, 0.6) is 5.75 Å². The topological polar surface area (TPSA) is 81.8 Å². The first-order valence-corrected chi connectivity index (χ1v) is 17.8. The van der Waals surface area contributed by atoms with Gasteiger partial charge in [-0.3, -0.25) is 10.2 Å². The van der Waals surface area contributed by atoms with Crippen molar-refractivity contribution in [1.29, 1.82) is 0 Å². The van der Waals surface area contributed by atoms with E-state index in [9.17, 15) is 18.7 Å². The Labute approximate surface area is 284 Å². The zero-order valence-electron chi connectivity index (χ0n) is 30.8. The Morgan fingerprint density at radius 1 is 1.13 bits per heavy atom. The molecule has 6 nitrogen and oxygen atoms in total. The zero-order chi connectivity index (χ0) is 36.0. The molecule has 0 aliphatic carbocycles. The van der Waals surface area contributed by atoms with Gasteiger partial charge in [0.05, 0.1) is 17.8 Å². The highest BCUT2D eigenvalue weighted by atomic mass is 31.0. The van der Waals surface area contributed by atoms with Crippen molar-refractivity contribution in [2.24, 2.45) is 5.92 Å². The second kappa shape index (κ2) is 31.3. The minimum absolute atomic E-state index is 0.273. The van der Waals surface area contributed by atoms with Crippen LogP contribution in [0, 0.1) is 12.8 Å². The van der Waals surface area contributed by atoms with Gasteiger partial charge in [-0.25, -0.2) is 0 Å². The third-order valence-electron chi connectivity index (χ3n) is 6.43. The summed E-state index contributed by atoms with van der Waals surface area (Å²) in [6.45, 7) is 26.8. The van der Waals surface area contributed by atoms with Crippen LogP contribution in [0.2, 0.25) is 0 Å². The van der Waals surface area contributed by atoms with E-state index >= 15 is 0 Å². The van der Waals surface area contributed by atoms with Gasteiger partial charge in [0, 0.05) is 25.5 Å². The minimum atomic E-state index is -3.10. The number of carbonyl (C=O) groups is 1. The van der Waals surface area contributed by atoms with E-state index in [-0.39, 0.29) is 17.0 Å². The van der Waals surface area contributed by atoms with E-state index in [4.69, 9.17) is 5.73 Å². The molecule has 0 saturated carbocycles. The number of halogens is 2. The molecule has 46 heavy (non-hydrogen) atoms. The van der Waals surface area contributed by atoms with E-state index in [1.807, 2.05) is 13.8 Å². The predicted molar refractivity (Wildman–Crippen MR) is 202 cm³/mol. The fraction of sp³-hybridized carbons (Fsp3) is 0.649. The lowest BCUT2D eigenvalue weighted by atomic mass is 10.00. The number of benzene rings is 1. The van der Waals surface area contributed by atoms with Crippen molar-refractivity contribution >= 4 is 21.2 Å². The Morgan fingerprint density at radius 3 is 2.11 bits per heavy atom. The number of aldehydes is 1. The number of carbonyl (C=O) groups excluding carboxylic acids is 1. The summed E-state index contributed by atoms with van der Waals surface area (Å²) in [6, 6.07) is 2.59. The minimum Gasteiger partial charge on any atom is -0.506 e. The van der Waals surface area contributed by atoms with E-state index in [1.54, 1.807) is 6.92 Å². The van der Waals surface area contributed by atoms with Crippen LogP contribution in [0.1, 0.15) is 112 Å². The number of nitrogens with one attached hydrogen (secondary N) is 1. The fourth-order valence-corrected chi connectivity index (χ4v) is 4.44. The summed E-state index contributed by atoms with van der Waals surface area (Å²) in [6.07, 6.45) is 19.1. The van der Waals surface area contributed by atoms with Crippen molar-refractivity contribution in [3.05, 3.63) is 59.3 Å². The van der Waals surface area contributed by atoms with Gasteiger partial charge >= 0.3 is 0 Å².